The molecule has 0 saturated heterocycles. The third-order valence-electron chi connectivity index (χ3n) is 0.887. The Bertz CT molecular complexity index is 204. The number of aromatic nitrogens is 1. The average Bonchev–Trinajstić information content (AvgIpc) is 1.89. The van der Waals surface area contributed by atoms with Crippen molar-refractivity contribution in [1.29, 1.82) is 0 Å². The fraction of sp³-hybridized carbons (Fsp3) is 0. The first kappa shape index (κ1) is 6.38. The zero-order valence-electron chi connectivity index (χ0n) is 4.61. The summed E-state index contributed by atoms with van der Waals surface area (Å²) in [6.07, 6.45) is 1.58. The topological polar surface area (TPSA) is 59.1 Å². The molecule has 9 heavy (non-hydrogen) atoms. The van der Waals surface area contributed by atoms with Crippen molar-refractivity contribution in [2.45, 2.75) is 5.03 Å². The van der Waals surface area contributed by atoms with Crippen LogP contribution in [0.4, 0.5) is 5.69 Å². The van der Waals surface area contributed by atoms with Crippen molar-refractivity contribution in [3.8, 4) is 0 Å². The monoisotopic (exact) mass is 142 g/mol. The lowest BCUT2D eigenvalue weighted by molar-refractivity contribution is 0.660. The van der Waals surface area contributed by atoms with E-state index in [1.165, 1.54) is 0 Å². The molecule has 48 valence electrons. The maximum atomic E-state index is 8.49. The minimum atomic E-state index is 0.456. The summed E-state index contributed by atoms with van der Waals surface area (Å²) in [5.41, 5.74) is 5.89. The minimum absolute atomic E-state index is 0.456. The SMILES string of the molecule is Nc1cccnc1SO. The average molecular weight is 142 g/mol. The van der Waals surface area contributed by atoms with Gasteiger partial charge >= 0.3 is 0 Å². The van der Waals surface area contributed by atoms with Gasteiger partial charge in [0.25, 0.3) is 0 Å². The van der Waals surface area contributed by atoms with Gasteiger partial charge in [-0.25, -0.2) is 4.98 Å². The third kappa shape index (κ3) is 1.34. The van der Waals surface area contributed by atoms with Crippen LogP contribution in [-0.4, -0.2) is 9.54 Å². The molecule has 3 N–H and O–H groups in total. The molecule has 0 aliphatic rings. The van der Waals surface area contributed by atoms with E-state index in [1.807, 2.05) is 0 Å². The third-order valence-corrected chi connectivity index (χ3v) is 1.40. The van der Waals surface area contributed by atoms with Crippen molar-refractivity contribution < 1.29 is 4.55 Å². The van der Waals surface area contributed by atoms with Crippen molar-refractivity contribution in [3.63, 3.8) is 0 Å². The maximum Gasteiger partial charge on any atom is 0.146 e. The largest absolute Gasteiger partial charge is 0.396 e. The molecule has 0 spiro atoms. The Kier molecular flexibility index (Phi) is 1.92. The Hall–Kier alpha value is -0.740. The molecule has 0 amide bonds. The van der Waals surface area contributed by atoms with Gasteiger partial charge in [0.2, 0.25) is 0 Å². The predicted octanol–water partition coefficient (Wildman–Crippen LogP) is 1.23. The van der Waals surface area contributed by atoms with E-state index < -0.39 is 0 Å². The lowest BCUT2D eigenvalue weighted by Gasteiger charge is -1.95. The van der Waals surface area contributed by atoms with Crippen molar-refractivity contribution in [1.82, 2.24) is 4.98 Å². The summed E-state index contributed by atoms with van der Waals surface area (Å²) in [5, 5.41) is 0.456. The van der Waals surface area contributed by atoms with Crippen LogP contribution in [0.3, 0.4) is 0 Å². The molecular formula is C5H6N2OS. The van der Waals surface area contributed by atoms with E-state index in [1.54, 1.807) is 18.3 Å². The second-order valence-corrected chi connectivity index (χ2v) is 2.06. The Morgan fingerprint density at radius 2 is 2.44 bits per heavy atom. The highest BCUT2D eigenvalue weighted by Crippen LogP contribution is 2.17. The van der Waals surface area contributed by atoms with Gasteiger partial charge in [-0.05, 0) is 12.1 Å². The molecule has 0 radical (unpaired) electrons. The Balaban J connectivity index is 3.01. The highest BCUT2D eigenvalue weighted by Gasteiger charge is 1.95. The Morgan fingerprint density at radius 1 is 1.67 bits per heavy atom. The molecule has 0 atom stereocenters. The highest BCUT2D eigenvalue weighted by molar-refractivity contribution is 7.93. The first-order valence-electron chi connectivity index (χ1n) is 2.36. The van der Waals surface area contributed by atoms with E-state index in [0.717, 1.165) is 0 Å². The van der Waals surface area contributed by atoms with E-state index >= 15 is 0 Å². The van der Waals surface area contributed by atoms with Crippen LogP contribution >= 0.6 is 12.0 Å². The van der Waals surface area contributed by atoms with E-state index in [9.17, 15) is 0 Å². The number of hydrogen-bond acceptors (Lipinski definition) is 4. The highest BCUT2D eigenvalue weighted by atomic mass is 32.2. The molecule has 4 heteroatoms. The van der Waals surface area contributed by atoms with E-state index in [0.29, 0.717) is 22.8 Å². The van der Waals surface area contributed by atoms with Gasteiger partial charge in [0.1, 0.15) is 5.03 Å². The fourth-order valence-corrected chi connectivity index (χ4v) is 0.761. The number of rotatable bonds is 1. The maximum absolute atomic E-state index is 8.49. The van der Waals surface area contributed by atoms with Crippen LogP contribution in [0.25, 0.3) is 0 Å². The zero-order valence-corrected chi connectivity index (χ0v) is 5.43. The number of hydrogen-bond donors (Lipinski definition) is 2. The normalized spacial score (nSPS) is 9.44. The Morgan fingerprint density at radius 3 is 2.89 bits per heavy atom. The van der Waals surface area contributed by atoms with Gasteiger partial charge in [-0.3, -0.25) is 0 Å². The summed E-state index contributed by atoms with van der Waals surface area (Å²) >= 11 is 0.559. The lowest BCUT2D eigenvalue weighted by atomic mass is 10.4. The van der Waals surface area contributed by atoms with Gasteiger partial charge in [0.05, 0.1) is 5.69 Å². The van der Waals surface area contributed by atoms with Crippen LogP contribution < -0.4 is 5.73 Å². The van der Waals surface area contributed by atoms with Crippen LogP contribution in [0, 0.1) is 0 Å². The lowest BCUT2D eigenvalue weighted by Crippen LogP contribution is -1.88. The first-order valence-corrected chi connectivity index (χ1v) is 3.14. The molecule has 0 fully saturated rings. The molecule has 0 unspecified atom stereocenters. The second-order valence-electron chi connectivity index (χ2n) is 1.49. The number of anilines is 1. The van der Waals surface area contributed by atoms with Crippen molar-refractivity contribution in [3.05, 3.63) is 18.3 Å². The predicted molar refractivity (Wildman–Crippen MR) is 37.1 cm³/mol. The smallest absolute Gasteiger partial charge is 0.146 e. The number of nitrogen functional groups attached to an aromatic ring is 1. The van der Waals surface area contributed by atoms with Gasteiger partial charge in [-0.2, -0.15) is 0 Å². The quantitative estimate of drug-likeness (QED) is 0.579. The summed E-state index contributed by atoms with van der Waals surface area (Å²) in [7, 11) is 0. The molecular weight excluding hydrogens is 136 g/mol. The molecule has 0 aliphatic carbocycles. The molecule has 1 heterocycles. The van der Waals surface area contributed by atoms with E-state index in [2.05, 4.69) is 4.98 Å². The number of nitrogens with zero attached hydrogens (tertiary/aromatic N) is 1. The van der Waals surface area contributed by atoms with Crippen LogP contribution in [0.15, 0.2) is 23.4 Å². The van der Waals surface area contributed by atoms with Crippen LogP contribution in [0.2, 0.25) is 0 Å². The number of pyridine rings is 1. The summed E-state index contributed by atoms with van der Waals surface area (Å²) < 4.78 is 8.49. The fourth-order valence-electron chi connectivity index (χ4n) is 0.480. The molecule has 1 aromatic rings. The second kappa shape index (κ2) is 2.70. The van der Waals surface area contributed by atoms with Crippen LogP contribution in [0.5, 0.6) is 0 Å². The van der Waals surface area contributed by atoms with Crippen molar-refractivity contribution in [2.75, 3.05) is 5.73 Å². The van der Waals surface area contributed by atoms with Gasteiger partial charge in [0, 0.05) is 18.2 Å². The van der Waals surface area contributed by atoms with Gasteiger partial charge < -0.3 is 10.3 Å². The molecule has 1 aromatic heterocycles. The molecule has 3 nitrogen and oxygen atoms in total. The van der Waals surface area contributed by atoms with Crippen LogP contribution in [0.1, 0.15) is 0 Å². The Labute approximate surface area is 57.1 Å². The summed E-state index contributed by atoms with van der Waals surface area (Å²) in [5.74, 6) is 0. The molecule has 0 aromatic carbocycles. The van der Waals surface area contributed by atoms with E-state index in [-0.39, 0.29) is 0 Å². The zero-order chi connectivity index (χ0) is 6.69. The minimum Gasteiger partial charge on any atom is -0.396 e. The molecule has 0 bridgehead atoms. The van der Waals surface area contributed by atoms with Gasteiger partial charge in [0.15, 0.2) is 0 Å². The first-order chi connectivity index (χ1) is 4.34. The van der Waals surface area contributed by atoms with Crippen molar-refractivity contribution in [2.24, 2.45) is 0 Å². The summed E-state index contributed by atoms with van der Waals surface area (Å²) in [6, 6.07) is 3.40. The van der Waals surface area contributed by atoms with Crippen LogP contribution in [-0.2, 0) is 0 Å². The van der Waals surface area contributed by atoms with E-state index in [4.69, 9.17) is 10.3 Å². The summed E-state index contributed by atoms with van der Waals surface area (Å²) in [6.45, 7) is 0. The van der Waals surface area contributed by atoms with Gasteiger partial charge in [-0.15, -0.1) is 0 Å². The van der Waals surface area contributed by atoms with Crippen molar-refractivity contribution >= 4 is 17.7 Å². The summed E-state index contributed by atoms with van der Waals surface area (Å²) in [4.78, 5) is 3.78. The molecule has 0 saturated carbocycles. The van der Waals surface area contributed by atoms with Gasteiger partial charge in [-0.1, -0.05) is 0 Å². The molecule has 0 aliphatic heterocycles. The standard InChI is InChI=1S/C5H6N2OS/c6-4-2-1-3-7-5(4)9-8/h1-3,8H,6H2. The molecule has 1 rings (SSSR count). The number of nitrogens with two attached hydrogens (primary N) is 1.